The van der Waals surface area contributed by atoms with Gasteiger partial charge < -0.3 is 10.1 Å². The van der Waals surface area contributed by atoms with Crippen LogP contribution in [0, 0.1) is 0 Å². The predicted octanol–water partition coefficient (Wildman–Crippen LogP) is 1.21. The minimum Gasteiger partial charge on any atom is -0.385 e. The number of nitrogens with one attached hydrogen (secondary N) is 1. The lowest BCUT2D eigenvalue weighted by Crippen LogP contribution is -2.28. The second-order valence-corrected chi connectivity index (χ2v) is 4.58. The van der Waals surface area contributed by atoms with E-state index in [0.29, 0.717) is 18.2 Å². The molecule has 0 aliphatic heterocycles. The van der Waals surface area contributed by atoms with Crippen LogP contribution in [0.3, 0.4) is 0 Å². The molecule has 0 saturated carbocycles. The van der Waals surface area contributed by atoms with Gasteiger partial charge in [0.05, 0.1) is 5.69 Å². The number of pyridine rings is 1. The fourth-order valence-electron chi connectivity index (χ4n) is 1.87. The Morgan fingerprint density at radius 3 is 3.11 bits per heavy atom. The minimum atomic E-state index is -0.0491. The number of hydrogen-bond acceptors (Lipinski definition) is 4. The summed E-state index contributed by atoms with van der Waals surface area (Å²) in [6.45, 7) is 3.40. The topological polar surface area (TPSA) is 55.6 Å². The molecule has 0 aromatic carbocycles. The van der Waals surface area contributed by atoms with Crippen LogP contribution in [0.4, 0.5) is 0 Å². The van der Waals surface area contributed by atoms with E-state index in [1.165, 1.54) is 4.40 Å². The summed E-state index contributed by atoms with van der Waals surface area (Å²) in [4.78, 5) is 16.3. The van der Waals surface area contributed by atoms with E-state index in [-0.39, 0.29) is 5.56 Å². The van der Waals surface area contributed by atoms with Gasteiger partial charge in [-0.15, -0.1) is 0 Å². The lowest BCUT2D eigenvalue weighted by molar-refractivity contribution is 0.184. The quantitative estimate of drug-likeness (QED) is 0.849. The van der Waals surface area contributed by atoms with Crippen LogP contribution >= 0.6 is 0 Å². The zero-order chi connectivity index (χ0) is 13.7. The summed E-state index contributed by atoms with van der Waals surface area (Å²) in [5.41, 5.74) is 1.39. The van der Waals surface area contributed by atoms with E-state index in [9.17, 15) is 4.79 Å². The Labute approximate surface area is 112 Å². The number of hydrogen-bond donors (Lipinski definition) is 1. The van der Waals surface area contributed by atoms with Gasteiger partial charge in [0.1, 0.15) is 5.65 Å². The first-order chi connectivity index (χ1) is 9.20. The second kappa shape index (κ2) is 6.45. The zero-order valence-corrected chi connectivity index (χ0v) is 11.3. The van der Waals surface area contributed by atoms with Gasteiger partial charge in [-0.3, -0.25) is 9.20 Å². The number of rotatable bonds is 6. The van der Waals surface area contributed by atoms with Crippen LogP contribution in [0.1, 0.15) is 19.0 Å². The van der Waals surface area contributed by atoms with E-state index in [1.807, 2.05) is 18.2 Å². The minimum absolute atomic E-state index is 0.0491. The first kappa shape index (κ1) is 13.7. The molecule has 5 nitrogen and oxygen atoms in total. The highest BCUT2D eigenvalue weighted by Gasteiger charge is 2.04. The van der Waals surface area contributed by atoms with Crippen molar-refractivity contribution in [1.29, 1.82) is 0 Å². The molecular formula is C14H19N3O2. The van der Waals surface area contributed by atoms with Gasteiger partial charge in [0, 0.05) is 38.6 Å². The molecule has 102 valence electrons. The van der Waals surface area contributed by atoms with Gasteiger partial charge in [-0.25, -0.2) is 4.98 Å². The molecule has 0 aliphatic carbocycles. The summed E-state index contributed by atoms with van der Waals surface area (Å²) in [6, 6.07) is 7.43. The van der Waals surface area contributed by atoms with Gasteiger partial charge in [0.2, 0.25) is 0 Å². The fourth-order valence-corrected chi connectivity index (χ4v) is 1.87. The largest absolute Gasteiger partial charge is 0.385 e. The molecule has 0 bridgehead atoms. The molecule has 0 radical (unpaired) electrons. The van der Waals surface area contributed by atoms with Crippen LogP contribution in [-0.4, -0.2) is 29.1 Å². The zero-order valence-electron chi connectivity index (χ0n) is 11.3. The van der Waals surface area contributed by atoms with Crippen molar-refractivity contribution in [3.8, 4) is 0 Å². The van der Waals surface area contributed by atoms with E-state index < -0.39 is 0 Å². The number of ether oxygens (including phenoxy) is 1. The van der Waals surface area contributed by atoms with E-state index in [4.69, 9.17) is 4.74 Å². The highest BCUT2D eigenvalue weighted by atomic mass is 16.5. The van der Waals surface area contributed by atoms with Crippen molar-refractivity contribution in [2.24, 2.45) is 0 Å². The van der Waals surface area contributed by atoms with Crippen molar-refractivity contribution in [1.82, 2.24) is 14.7 Å². The van der Waals surface area contributed by atoms with E-state index in [1.54, 1.807) is 19.4 Å². The molecule has 1 N–H and O–H groups in total. The third kappa shape index (κ3) is 3.62. The molecule has 2 aromatic rings. The van der Waals surface area contributed by atoms with Gasteiger partial charge in [0.25, 0.3) is 5.56 Å². The Bertz CT molecular complexity index is 595. The first-order valence-corrected chi connectivity index (χ1v) is 6.40. The molecule has 1 unspecified atom stereocenters. The van der Waals surface area contributed by atoms with E-state index in [0.717, 1.165) is 18.7 Å². The summed E-state index contributed by atoms with van der Waals surface area (Å²) in [5.74, 6) is 0. The van der Waals surface area contributed by atoms with Crippen LogP contribution in [0.25, 0.3) is 5.65 Å². The maximum Gasteiger partial charge on any atom is 0.258 e. The molecule has 19 heavy (non-hydrogen) atoms. The number of methoxy groups -OCH3 is 1. The lowest BCUT2D eigenvalue weighted by atomic mass is 10.2. The average Bonchev–Trinajstić information content (AvgIpc) is 2.43. The molecule has 2 aromatic heterocycles. The van der Waals surface area contributed by atoms with Crippen LogP contribution < -0.4 is 10.9 Å². The number of aromatic nitrogens is 2. The maximum absolute atomic E-state index is 11.9. The summed E-state index contributed by atoms with van der Waals surface area (Å²) in [5, 5.41) is 3.33. The molecule has 0 aliphatic rings. The molecule has 0 fully saturated rings. The summed E-state index contributed by atoms with van der Waals surface area (Å²) in [7, 11) is 1.69. The van der Waals surface area contributed by atoms with E-state index >= 15 is 0 Å². The molecule has 0 saturated heterocycles. The third-order valence-corrected chi connectivity index (χ3v) is 3.01. The van der Waals surface area contributed by atoms with E-state index in [2.05, 4.69) is 17.2 Å². The second-order valence-electron chi connectivity index (χ2n) is 4.58. The lowest BCUT2D eigenvalue weighted by Gasteiger charge is -2.12. The Kier molecular flexibility index (Phi) is 4.65. The smallest absolute Gasteiger partial charge is 0.258 e. The van der Waals surface area contributed by atoms with Crippen LogP contribution in [0.15, 0.2) is 35.3 Å². The Balaban J connectivity index is 2.07. The third-order valence-electron chi connectivity index (χ3n) is 3.01. The van der Waals surface area contributed by atoms with Gasteiger partial charge in [-0.1, -0.05) is 6.07 Å². The summed E-state index contributed by atoms with van der Waals surface area (Å²) < 4.78 is 6.57. The summed E-state index contributed by atoms with van der Waals surface area (Å²) in [6.07, 6.45) is 2.66. The maximum atomic E-state index is 11.9. The molecule has 2 rings (SSSR count). The molecular weight excluding hydrogens is 242 g/mol. The SMILES string of the molecule is COCCC(C)NCc1cc(=O)n2ccccc2n1. The number of fused-ring (bicyclic) bond motifs is 1. The van der Waals surface area contributed by atoms with Gasteiger partial charge in [-0.2, -0.15) is 0 Å². The summed E-state index contributed by atoms with van der Waals surface area (Å²) >= 11 is 0. The Morgan fingerprint density at radius 1 is 1.47 bits per heavy atom. The molecule has 5 heteroatoms. The van der Waals surface area contributed by atoms with Gasteiger partial charge in [0.15, 0.2) is 0 Å². The van der Waals surface area contributed by atoms with Crippen molar-refractivity contribution in [3.05, 3.63) is 46.5 Å². The van der Waals surface area contributed by atoms with Crippen LogP contribution in [0.5, 0.6) is 0 Å². The molecule has 0 spiro atoms. The highest BCUT2D eigenvalue weighted by molar-refractivity contribution is 5.37. The normalized spacial score (nSPS) is 12.7. The Hall–Kier alpha value is -1.72. The molecule has 2 heterocycles. The van der Waals surface area contributed by atoms with Crippen LogP contribution in [0.2, 0.25) is 0 Å². The predicted molar refractivity (Wildman–Crippen MR) is 74.3 cm³/mol. The van der Waals surface area contributed by atoms with Gasteiger partial charge >= 0.3 is 0 Å². The highest BCUT2D eigenvalue weighted by Crippen LogP contribution is 1.99. The van der Waals surface area contributed by atoms with Gasteiger partial charge in [-0.05, 0) is 25.5 Å². The van der Waals surface area contributed by atoms with Crippen molar-refractivity contribution in [2.45, 2.75) is 25.9 Å². The first-order valence-electron chi connectivity index (χ1n) is 6.40. The monoisotopic (exact) mass is 261 g/mol. The van der Waals surface area contributed by atoms with Crippen molar-refractivity contribution < 1.29 is 4.74 Å². The van der Waals surface area contributed by atoms with Crippen molar-refractivity contribution in [2.75, 3.05) is 13.7 Å². The Morgan fingerprint density at radius 2 is 2.32 bits per heavy atom. The molecule has 0 amide bonds. The fraction of sp³-hybridized carbons (Fsp3) is 0.429. The van der Waals surface area contributed by atoms with Crippen LogP contribution in [-0.2, 0) is 11.3 Å². The van der Waals surface area contributed by atoms with Crippen molar-refractivity contribution in [3.63, 3.8) is 0 Å². The standard InChI is InChI=1S/C14H19N3O2/c1-11(6-8-19-2)15-10-12-9-14(18)17-7-4-3-5-13(17)16-12/h3-5,7,9,11,15H,6,8,10H2,1-2H3. The average molecular weight is 261 g/mol. The van der Waals surface area contributed by atoms with Crippen molar-refractivity contribution >= 4 is 5.65 Å². The molecule has 1 atom stereocenters. The number of nitrogens with zero attached hydrogens (tertiary/aromatic N) is 2.